The van der Waals surface area contributed by atoms with Crippen LogP contribution in [0.25, 0.3) is 0 Å². The van der Waals surface area contributed by atoms with Gasteiger partial charge in [-0.2, -0.15) is 0 Å². The van der Waals surface area contributed by atoms with Crippen LogP contribution < -0.4 is 5.32 Å². The molecule has 1 aliphatic rings. The Balaban J connectivity index is 2.29. The van der Waals surface area contributed by atoms with Crippen molar-refractivity contribution in [1.82, 2.24) is 0 Å². The molecule has 2 atom stereocenters. The number of esters is 1. The standard InChI is InChI=1S/C16H22BrNO3/c1-4-20-15(19)16(9-11(2)21-12(3)10-16)18-14-7-5-6-13(17)8-14/h5-8,11-12,18H,4,9-10H2,1-3H3. The Morgan fingerprint density at radius 2 is 2.10 bits per heavy atom. The maximum atomic E-state index is 12.5. The highest BCUT2D eigenvalue weighted by atomic mass is 79.9. The molecule has 0 aliphatic carbocycles. The number of halogens is 1. The fourth-order valence-electron chi connectivity index (χ4n) is 2.99. The van der Waals surface area contributed by atoms with Crippen molar-refractivity contribution < 1.29 is 14.3 Å². The molecule has 1 heterocycles. The molecule has 0 spiro atoms. The van der Waals surface area contributed by atoms with Crippen LogP contribution in [0.2, 0.25) is 0 Å². The number of hydrogen-bond donors (Lipinski definition) is 1. The number of hydrogen-bond acceptors (Lipinski definition) is 4. The fourth-order valence-corrected chi connectivity index (χ4v) is 3.39. The third kappa shape index (κ3) is 3.98. The first-order valence-electron chi connectivity index (χ1n) is 7.31. The maximum absolute atomic E-state index is 12.5. The van der Waals surface area contributed by atoms with Gasteiger partial charge in [-0.05, 0) is 39.0 Å². The second-order valence-electron chi connectivity index (χ2n) is 5.60. The van der Waals surface area contributed by atoms with Crippen LogP contribution in [0.1, 0.15) is 33.6 Å². The van der Waals surface area contributed by atoms with E-state index >= 15 is 0 Å². The predicted octanol–water partition coefficient (Wildman–Crippen LogP) is 3.75. The molecule has 2 rings (SSSR count). The molecule has 0 amide bonds. The molecule has 5 heteroatoms. The van der Waals surface area contributed by atoms with Gasteiger partial charge in [0.2, 0.25) is 0 Å². The van der Waals surface area contributed by atoms with Crippen molar-refractivity contribution >= 4 is 27.6 Å². The van der Waals surface area contributed by atoms with Crippen molar-refractivity contribution in [2.24, 2.45) is 0 Å². The summed E-state index contributed by atoms with van der Waals surface area (Å²) in [5.41, 5.74) is 0.173. The third-order valence-corrected chi connectivity index (χ3v) is 4.10. The molecule has 116 valence electrons. The number of nitrogens with one attached hydrogen (secondary N) is 1. The maximum Gasteiger partial charge on any atom is 0.331 e. The quantitative estimate of drug-likeness (QED) is 0.835. The van der Waals surface area contributed by atoms with Crippen molar-refractivity contribution in [2.75, 3.05) is 11.9 Å². The Kier molecular flexibility index (Phi) is 5.27. The van der Waals surface area contributed by atoms with Gasteiger partial charge in [0.05, 0.1) is 18.8 Å². The highest BCUT2D eigenvalue weighted by molar-refractivity contribution is 9.10. The average Bonchev–Trinajstić information content (AvgIpc) is 2.37. The van der Waals surface area contributed by atoms with Gasteiger partial charge in [0.25, 0.3) is 0 Å². The summed E-state index contributed by atoms with van der Waals surface area (Å²) in [7, 11) is 0. The molecule has 0 aromatic heterocycles. The first kappa shape index (κ1) is 16.3. The number of anilines is 1. The van der Waals surface area contributed by atoms with Crippen LogP contribution in [0.3, 0.4) is 0 Å². The Hall–Kier alpha value is -1.07. The molecule has 2 unspecified atom stereocenters. The smallest absolute Gasteiger partial charge is 0.331 e. The number of benzene rings is 1. The van der Waals surface area contributed by atoms with Crippen molar-refractivity contribution in [3.63, 3.8) is 0 Å². The molecule has 21 heavy (non-hydrogen) atoms. The van der Waals surface area contributed by atoms with E-state index in [1.807, 2.05) is 45.0 Å². The number of rotatable bonds is 4. The summed E-state index contributed by atoms with van der Waals surface area (Å²) in [6.07, 6.45) is 1.22. The Bertz CT molecular complexity index is 496. The molecule has 1 aliphatic heterocycles. The molecule has 4 nitrogen and oxygen atoms in total. The van der Waals surface area contributed by atoms with Crippen molar-refractivity contribution in [3.05, 3.63) is 28.7 Å². The first-order chi connectivity index (χ1) is 9.95. The minimum Gasteiger partial charge on any atom is -0.464 e. The Labute approximate surface area is 134 Å². The highest BCUT2D eigenvalue weighted by Gasteiger charge is 2.46. The van der Waals surface area contributed by atoms with Crippen LogP contribution in [0, 0.1) is 0 Å². The molecule has 0 radical (unpaired) electrons. The zero-order valence-electron chi connectivity index (χ0n) is 12.7. The van der Waals surface area contributed by atoms with Gasteiger partial charge in [0.15, 0.2) is 0 Å². The summed E-state index contributed by atoms with van der Waals surface area (Å²) in [5.74, 6) is -0.202. The number of carbonyl (C=O) groups is 1. The van der Waals surface area contributed by atoms with Gasteiger partial charge >= 0.3 is 5.97 Å². The van der Waals surface area contributed by atoms with Crippen molar-refractivity contribution in [1.29, 1.82) is 0 Å². The van der Waals surface area contributed by atoms with Gasteiger partial charge in [0, 0.05) is 23.0 Å². The van der Waals surface area contributed by atoms with Crippen LogP contribution in [-0.2, 0) is 14.3 Å². The lowest BCUT2D eigenvalue weighted by molar-refractivity contribution is -0.157. The van der Waals surface area contributed by atoms with Crippen LogP contribution in [0.4, 0.5) is 5.69 Å². The Morgan fingerprint density at radius 3 is 2.67 bits per heavy atom. The van der Waals surface area contributed by atoms with Crippen LogP contribution in [0.15, 0.2) is 28.7 Å². The second-order valence-corrected chi connectivity index (χ2v) is 6.52. The lowest BCUT2D eigenvalue weighted by atomic mass is 9.83. The van der Waals surface area contributed by atoms with Gasteiger partial charge in [-0.1, -0.05) is 22.0 Å². The lowest BCUT2D eigenvalue weighted by Gasteiger charge is -2.42. The van der Waals surface area contributed by atoms with Gasteiger partial charge in [-0.25, -0.2) is 4.79 Å². The van der Waals surface area contributed by atoms with Crippen LogP contribution in [-0.4, -0.2) is 30.3 Å². The van der Waals surface area contributed by atoms with E-state index in [0.29, 0.717) is 19.4 Å². The second kappa shape index (κ2) is 6.79. The molecule has 1 saturated heterocycles. The topological polar surface area (TPSA) is 47.6 Å². The molecule has 0 bridgehead atoms. The minimum atomic E-state index is -0.728. The third-order valence-electron chi connectivity index (χ3n) is 3.61. The average molecular weight is 356 g/mol. The van der Waals surface area contributed by atoms with E-state index in [2.05, 4.69) is 21.2 Å². The fraction of sp³-hybridized carbons (Fsp3) is 0.562. The summed E-state index contributed by atoms with van der Waals surface area (Å²) >= 11 is 3.46. The number of ether oxygens (including phenoxy) is 2. The summed E-state index contributed by atoms with van der Waals surface area (Å²) in [6, 6.07) is 7.82. The van der Waals surface area contributed by atoms with E-state index in [1.165, 1.54) is 0 Å². The first-order valence-corrected chi connectivity index (χ1v) is 8.11. The molecular formula is C16H22BrNO3. The normalized spacial score (nSPS) is 29.0. The summed E-state index contributed by atoms with van der Waals surface area (Å²) in [6.45, 7) is 6.19. The van der Waals surface area contributed by atoms with E-state index in [-0.39, 0.29) is 18.2 Å². The van der Waals surface area contributed by atoms with Gasteiger partial charge in [0.1, 0.15) is 5.54 Å². The zero-order valence-corrected chi connectivity index (χ0v) is 14.3. The zero-order chi connectivity index (χ0) is 15.5. The Morgan fingerprint density at radius 1 is 1.43 bits per heavy atom. The van der Waals surface area contributed by atoms with E-state index in [9.17, 15) is 4.79 Å². The van der Waals surface area contributed by atoms with Gasteiger partial charge in [-0.15, -0.1) is 0 Å². The van der Waals surface area contributed by atoms with Gasteiger partial charge < -0.3 is 14.8 Å². The summed E-state index contributed by atoms with van der Waals surface area (Å²) < 4.78 is 12.1. The minimum absolute atomic E-state index is 0.0119. The van der Waals surface area contributed by atoms with E-state index in [1.54, 1.807) is 0 Å². The monoisotopic (exact) mass is 355 g/mol. The van der Waals surface area contributed by atoms with E-state index in [0.717, 1.165) is 10.2 Å². The van der Waals surface area contributed by atoms with Crippen LogP contribution in [0.5, 0.6) is 0 Å². The summed E-state index contributed by atoms with van der Waals surface area (Å²) in [5, 5.41) is 3.40. The molecule has 1 aromatic rings. The predicted molar refractivity (Wildman–Crippen MR) is 86.4 cm³/mol. The van der Waals surface area contributed by atoms with Crippen molar-refractivity contribution in [2.45, 2.75) is 51.4 Å². The number of carbonyl (C=O) groups excluding carboxylic acids is 1. The van der Waals surface area contributed by atoms with Gasteiger partial charge in [-0.3, -0.25) is 0 Å². The molecule has 0 saturated carbocycles. The molecule has 1 aromatic carbocycles. The van der Waals surface area contributed by atoms with E-state index < -0.39 is 5.54 Å². The molecular weight excluding hydrogens is 334 g/mol. The lowest BCUT2D eigenvalue weighted by Crippen LogP contribution is -2.55. The van der Waals surface area contributed by atoms with Crippen LogP contribution >= 0.6 is 15.9 Å². The summed E-state index contributed by atoms with van der Waals surface area (Å²) in [4.78, 5) is 12.5. The SMILES string of the molecule is CCOC(=O)C1(Nc2cccc(Br)c2)CC(C)OC(C)C1. The molecule has 1 N–H and O–H groups in total. The highest BCUT2D eigenvalue weighted by Crippen LogP contribution is 2.34. The largest absolute Gasteiger partial charge is 0.464 e. The van der Waals surface area contributed by atoms with Crippen molar-refractivity contribution in [3.8, 4) is 0 Å². The molecule has 1 fully saturated rings. The van der Waals surface area contributed by atoms with E-state index in [4.69, 9.17) is 9.47 Å².